The predicted octanol–water partition coefficient (Wildman–Crippen LogP) is 5.19. The first-order valence-electron chi connectivity index (χ1n) is 9.88. The van der Waals surface area contributed by atoms with Crippen molar-refractivity contribution in [1.82, 2.24) is 20.4 Å². The number of benzene rings is 2. The molecule has 2 heterocycles. The van der Waals surface area contributed by atoms with Crippen molar-refractivity contribution in [3.05, 3.63) is 77.6 Å². The topological polar surface area (TPSA) is 54.2 Å². The number of thiocarbonyl (C=S) groups is 1. The molecule has 0 spiro atoms. The number of aromatic nitrogens is 2. The van der Waals surface area contributed by atoms with Gasteiger partial charge in [0.05, 0.1) is 11.6 Å². The summed E-state index contributed by atoms with van der Waals surface area (Å²) in [6.07, 6.45) is 0. The van der Waals surface area contributed by atoms with E-state index < -0.39 is 0 Å². The average Bonchev–Trinajstić information content (AvgIpc) is 3.21. The molecule has 2 aromatic carbocycles. The molecule has 0 fully saturated rings. The van der Waals surface area contributed by atoms with Crippen LogP contribution in [0.4, 0.5) is 4.39 Å². The fourth-order valence-corrected chi connectivity index (χ4v) is 3.92. The normalized spacial score (nSPS) is 16.9. The molecule has 0 saturated heterocycles. The maximum Gasteiger partial charge on any atom is 0.258 e. The van der Waals surface area contributed by atoms with Crippen LogP contribution in [0, 0.1) is 11.7 Å². The van der Waals surface area contributed by atoms with Crippen LogP contribution in [0.5, 0.6) is 0 Å². The van der Waals surface area contributed by atoms with E-state index in [0.29, 0.717) is 22.7 Å². The van der Waals surface area contributed by atoms with Gasteiger partial charge in [-0.3, -0.25) is 0 Å². The molecule has 5 nitrogen and oxygen atoms in total. The smallest absolute Gasteiger partial charge is 0.258 e. The SMILES string of the molecule is CC1=C(c2nc(-c3ccccc3)no2)C(c2ccc(F)cc2)NC(=S)N1CC(C)C. The van der Waals surface area contributed by atoms with Crippen LogP contribution in [0.1, 0.15) is 38.3 Å². The molecule has 1 aliphatic heterocycles. The number of hydrogen-bond acceptors (Lipinski definition) is 4. The highest BCUT2D eigenvalue weighted by Gasteiger charge is 2.34. The lowest BCUT2D eigenvalue weighted by molar-refractivity contribution is 0.386. The first-order valence-corrected chi connectivity index (χ1v) is 10.3. The molecular weight excluding hydrogens is 399 g/mol. The van der Waals surface area contributed by atoms with E-state index in [2.05, 4.69) is 34.2 Å². The molecule has 1 aromatic heterocycles. The minimum atomic E-state index is -0.314. The second-order valence-corrected chi connectivity index (χ2v) is 8.11. The lowest BCUT2D eigenvalue weighted by atomic mass is 9.94. The van der Waals surface area contributed by atoms with E-state index in [1.807, 2.05) is 37.3 Å². The second-order valence-electron chi connectivity index (χ2n) is 7.73. The zero-order chi connectivity index (χ0) is 21.3. The Hall–Kier alpha value is -3.06. The summed E-state index contributed by atoms with van der Waals surface area (Å²) in [6.45, 7) is 7.05. The molecule has 1 N–H and O–H groups in total. The molecule has 0 bridgehead atoms. The third-order valence-corrected chi connectivity index (χ3v) is 5.37. The van der Waals surface area contributed by atoms with E-state index >= 15 is 0 Å². The Morgan fingerprint density at radius 2 is 1.83 bits per heavy atom. The van der Waals surface area contributed by atoms with Crippen LogP contribution in [-0.2, 0) is 0 Å². The molecule has 4 rings (SSSR count). The van der Waals surface area contributed by atoms with Gasteiger partial charge < -0.3 is 14.7 Å². The monoisotopic (exact) mass is 422 g/mol. The first-order chi connectivity index (χ1) is 14.4. The molecular formula is C23H23FN4OS. The summed E-state index contributed by atoms with van der Waals surface area (Å²) in [5.74, 6) is 1.06. The summed E-state index contributed by atoms with van der Waals surface area (Å²) in [4.78, 5) is 6.72. The summed E-state index contributed by atoms with van der Waals surface area (Å²) >= 11 is 5.65. The number of rotatable bonds is 5. The maximum absolute atomic E-state index is 13.5. The summed E-state index contributed by atoms with van der Waals surface area (Å²) in [5.41, 5.74) is 3.54. The van der Waals surface area contributed by atoms with Crippen molar-refractivity contribution in [1.29, 1.82) is 0 Å². The third-order valence-electron chi connectivity index (χ3n) is 5.04. The molecule has 0 aliphatic carbocycles. The van der Waals surface area contributed by atoms with Crippen molar-refractivity contribution < 1.29 is 8.91 Å². The van der Waals surface area contributed by atoms with Crippen LogP contribution >= 0.6 is 12.2 Å². The minimum Gasteiger partial charge on any atom is -0.351 e. The van der Waals surface area contributed by atoms with E-state index in [0.717, 1.165) is 28.9 Å². The summed E-state index contributed by atoms with van der Waals surface area (Å²) in [5, 5.41) is 8.20. The third kappa shape index (κ3) is 3.98. The lowest BCUT2D eigenvalue weighted by Crippen LogP contribution is -2.47. The van der Waals surface area contributed by atoms with Gasteiger partial charge in [0.1, 0.15) is 5.82 Å². The highest BCUT2D eigenvalue weighted by molar-refractivity contribution is 7.80. The summed E-state index contributed by atoms with van der Waals surface area (Å²) < 4.78 is 19.2. The molecule has 3 aromatic rings. The summed E-state index contributed by atoms with van der Waals surface area (Å²) in [7, 11) is 0. The fourth-order valence-electron chi connectivity index (χ4n) is 3.59. The number of nitrogens with zero attached hydrogens (tertiary/aromatic N) is 3. The Labute approximate surface area is 180 Å². The van der Waals surface area contributed by atoms with Crippen molar-refractivity contribution in [2.75, 3.05) is 6.54 Å². The number of nitrogens with one attached hydrogen (secondary N) is 1. The van der Waals surface area contributed by atoms with Crippen LogP contribution in [0.25, 0.3) is 17.0 Å². The van der Waals surface area contributed by atoms with Crippen LogP contribution in [-0.4, -0.2) is 26.7 Å². The predicted molar refractivity (Wildman–Crippen MR) is 119 cm³/mol. The lowest BCUT2D eigenvalue weighted by Gasteiger charge is -2.38. The molecule has 1 unspecified atom stereocenters. The van der Waals surface area contributed by atoms with Crippen molar-refractivity contribution in [2.24, 2.45) is 5.92 Å². The number of allylic oxidation sites excluding steroid dienone is 1. The molecule has 7 heteroatoms. The molecule has 0 saturated carbocycles. The molecule has 30 heavy (non-hydrogen) atoms. The van der Waals surface area contributed by atoms with Crippen LogP contribution in [0.15, 0.2) is 64.8 Å². The molecule has 0 amide bonds. The van der Waals surface area contributed by atoms with Gasteiger partial charge in [0.25, 0.3) is 5.89 Å². The number of halogens is 1. The van der Waals surface area contributed by atoms with Gasteiger partial charge in [0, 0.05) is 17.8 Å². The van der Waals surface area contributed by atoms with Gasteiger partial charge in [-0.1, -0.05) is 61.5 Å². The van der Waals surface area contributed by atoms with Gasteiger partial charge in [0.15, 0.2) is 5.11 Å². The number of hydrogen-bond donors (Lipinski definition) is 1. The van der Waals surface area contributed by atoms with Gasteiger partial charge in [-0.05, 0) is 42.8 Å². The van der Waals surface area contributed by atoms with Gasteiger partial charge in [0.2, 0.25) is 5.82 Å². The van der Waals surface area contributed by atoms with E-state index in [1.165, 1.54) is 12.1 Å². The maximum atomic E-state index is 13.5. The van der Waals surface area contributed by atoms with E-state index in [9.17, 15) is 4.39 Å². The van der Waals surface area contributed by atoms with Crippen LogP contribution in [0.2, 0.25) is 0 Å². The van der Waals surface area contributed by atoms with Gasteiger partial charge in [-0.15, -0.1) is 0 Å². The van der Waals surface area contributed by atoms with Crippen molar-refractivity contribution in [3.8, 4) is 11.4 Å². The molecule has 1 atom stereocenters. The Morgan fingerprint density at radius 1 is 1.13 bits per heavy atom. The highest BCUT2D eigenvalue weighted by Crippen LogP contribution is 2.37. The van der Waals surface area contributed by atoms with E-state index in [1.54, 1.807) is 12.1 Å². The van der Waals surface area contributed by atoms with E-state index in [-0.39, 0.29) is 11.9 Å². The molecule has 0 radical (unpaired) electrons. The fraction of sp³-hybridized carbons (Fsp3) is 0.261. The van der Waals surface area contributed by atoms with Gasteiger partial charge in [-0.2, -0.15) is 4.98 Å². The van der Waals surface area contributed by atoms with E-state index in [4.69, 9.17) is 16.7 Å². The quantitative estimate of drug-likeness (QED) is 0.571. The Morgan fingerprint density at radius 3 is 2.50 bits per heavy atom. The van der Waals surface area contributed by atoms with Crippen LogP contribution in [0.3, 0.4) is 0 Å². The van der Waals surface area contributed by atoms with Crippen LogP contribution < -0.4 is 5.32 Å². The zero-order valence-corrected chi connectivity index (χ0v) is 17.9. The highest BCUT2D eigenvalue weighted by atomic mass is 32.1. The largest absolute Gasteiger partial charge is 0.351 e. The first kappa shape index (κ1) is 20.2. The summed E-state index contributed by atoms with van der Waals surface area (Å²) in [6, 6.07) is 15.7. The average molecular weight is 423 g/mol. The minimum absolute atomic E-state index is 0.287. The Kier molecular flexibility index (Phi) is 5.63. The standard InChI is InChI=1S/C23H23FN4OS/c1-14(2)13-28-15(3)19(20(25-23(28)30)16-9-11-18(24)12-10-16)22-26-21(27-29-22)17-7-5-4-6-8-17/h4-12,14,20H,13H2,1-3H3,(H,25,30). The molecule has 1 aliphatic rings. The molecule has 154 valence electrons. The Balaban J connectivity index is 1.81. The van der Waals surface area contributed by atoms with Gasteiger partial charge >= 0.3 is 0 Å². The zero-order valence-electron chi connectivity index (χ0n) is 17.1. The van der Waals surface area contributed by atoms with Crippen molar-refractivity contribution >= 4 is 22.9 Å². The Bertz CT molecular complexity index is 1080. The van der Waals surface area contributed by atoms with Gasteiger partial charge in [-0.25, -0.2) is 4.39 Å². The second kappa shape index (κ2) is 8.36. The van der Waals surface area contributed by atoms with Crippen molar-refractivity contribution in [3.63, 3.8) is 0 Å². The van der Waals surface area contributed by atoms with Crippen molar-refractivity contribution in [2.45, 2.75) is 26.8 Å².